The number of rotatable bonds is 2. The van der Waals surface area contributed by atoms with Crippen LogP contribution in [0.4, 0.5) is 0 Å². The minimum Gasteiger partial charge on any atom is -0.452 e. The number of carbonyl (C=O) groups excluding carboxylic acids is 2. The molecule has 0 spiro atoms. The van der Waals surface area contributed by atoms with Crippen LogP contribution in [0.1, 0.15) is 36.7 Å². The highest BCUT2D eigenvalue weighted by atomic mass is 79.9. The van der Waals surface area contributed by atoms with Crippen LogP contribution >= 0.6 is 15.9 Å². The number of allylic oxidation sites excluding steroid dienone is 1. The number of hydrogen-bond donors (Lipinski definition) is 0. The largest absolute Gasteiger partial charge is 0.452 e. The normalized spacial score (nSPS) is 15.0. The highest BCUT2D eigenvalue weighted by molar-refractivity contribution is 9.10. The van der Waals surface area contributed by atoms with Gasteiger partial charge in [0.25, 0.3) is 0 Å². The minimum absolute atomic E-state index is 0.195. The number of esters is 1. The summed E-state index contributed by atoms with van der Waals surface area (Å²) in [6.45, 7) is 5.34. The van der Waals surface area contributed by atoms with Crippen molar-refractivity contribution in [3.05, 3.63) is 63.8 Å². The first-order chi connectivity index (χ1) is 11.8. The Morgan fingerprint density at radius 2 is 1.88 bits per heavy atom. The summed E-state index contributed by atoms with van der Waals surface area (Å²) in [4.78, 5) is 24.5. The molecule has 1 aliphatic rings. The summed E-state index contributed by atoms with van der Waals surface area (Å²) in [6, 6.07) is 12.3. The van der Waals surface area contributed by atoms with Crippen molar-refractivity contribution in [2.24, 2.45) is 5.41 Å². The second-order valence-corrected chi connectivity index (χ2v) is 7.61. The number of carbonyl (C=O) groups is 2. The molecule has 0 bridgehead atoms. The molecular formula is C20H17BrO4. The molecule has 0 N–H and O–H groups in total. The van der Waals surface area contributed by atoms with Crippen LogP contribution in [0.5, 0.6) is 11.5 Å². The molecule has 3 rings (SSSR count). The van der Waals surface area contributed by atoms with Crippen LogP contribution in [0.2, 0.25) is 0 Å². The van der Waals surface area contributed by atoms with Crippen molar-refractivity contribution in [1.82, 2.24) is 0 Å². The zero-order valence-corrected chi connectivity index (χ0v) is 15.7. The number of Topliss-reactive ketones (excluding diaryl/α,β-unsaturated/α-hetero) is 1. The summed E-state index contributed by atoms with van der Waals surface area (Å²) in [6.07, 6.45) is 1.69. The summed E-state index contributed by atoms with van der Waals surface area (Å²) in [5.74, 6) is 0.442. The van der Waals surface area contributed by atoms with Gasteiger partial charge in [-0.15, -0.1) is 0 Å². The zero-order chi connectivity index (χ0) is 18.2. The van der Waals surface area contributed by atoms with Crippen LogP contribution in [-0.4, -0.2) is 11.8 Å². The number of fused-ring (bicyclic) bond motifs is 1. The number of ketones is 1. The molecule has 0 saturated carbocycles. The number of ether oxygens (including phenoxy) is 2. The first kappa shape index (κ1) is 17.4. The molecule has 128 valence electrons. The topological polar surface area (TPSA) is 52.6 Å². The zero-order valence-electron chi connectivity index (χ0n) is 14.1. The minimum atomic E-state index is -0.611. The van der Waals surface area contributed by atoms with Crippen LogP contribution in [0, 0.1) is 5.41 Å². The van der Waals surface area contributed by atoms with E-state index < -0.39 is 5.41 Å². The molecule has 5 heteroatoms. The number of hydrogen-bond acceptors (Lipinski definition) is 4. The molecule has 0 atom stereocenters. The molecule has 0 aliphatic carbocycles. The lowest BCUT2D eigenvalue weighted by molar-refractivity contribution is -0.142. The fraction of sp³-hybridized carbons (Fsp3) is 0.200. The van der Waals surface area contributed by atoms with Crippen molar-refractivity contribution >= 4 is 33.8 Å². The summed E-state index contributed by atoms with van der Waals surface area (Å²) >= 11 is 3.45. The van der Waals surface area contributed by atoms with Crippen molar-refractivity contribution < 1.29 is 19.1 Å². The van der Waals surface area contributed by atoms with E-state index in [1.165, 1.54) is 0 Å². The standard InChI is InChI=1S/C20H17BrO4/c1-20(2,3)19(23)24-13-8-9-14-16(11-13)25-17(18(14)22)10-12-6-4-5-7-15(12)21/h4-11H,1-3H3/b17-10-. The molecule has 25 heavy (non-hydrogen) atoms. The third-order valence-electron chi connectivity index (χ3n) is 3.66. The van der Waals surface area contributed by atoms with Gasteiger partial charge in [0.15, 0.2) is 5.76 Å². The molecule has 0 fully saturated rings. The van der Waals surface area contributed by atoms with Gasteiger partial charge in [-0.3, -0.25) is 9.59 Å². The quantitative estimate of drug-likeness (QED) is 0.403. The molecule has 4 nitrogen and oxygen atoms in total. The van der Waals surface area contributed by atoms with E-state index in [9.17, 15) is 9.59 Å². The third-order valence-corrected chi connectivity index (χ3v) is 4.38. The average Bonchev–Trinajstić information content (AvgIpc) is 2.84. The van der Waals surface area contributed by atoms with E-state index >= 15 is 0 Å². The van der Waals surface area contributed by atoms with Gasteiger partial charge in [-0.2, -0.15) is 0 Å². The Hall–Kier alpha value is -2.40. The van der Waals surface area contributed by atoms with Gasteiger partial charge >= 0.3 is 5.97 Å². The number of halogens is 1. The van der Waals surface area contributed by atoms with Gasteiger partial charge in [0.2, 0.25) is 5.78 Å². The number of benzene rings is 2. The van der Waals surface area contributed by atoms with Crippen molar-refractivity contribution in [3.63, 3.8) is 0 Å². The van der Waals surface area contributed by atoms with Crippen LogP contribution in [-0.2, 0) is 4.79 Å². The van der Waals surface area contributed by atoms with Crippen molar-refractivity contribution in [1.29, 1.82) is 0 Å². The van der Waals surface area contributed by atoms with E-state index in [1.807, 2.05) is 24.3 Å². The van der Waals surface area contributed by atoms with Gasteiger partial charge in [0.05, 0.1) is 11.0 Å². The summed E-state index contributed by atoms with van der Waals surface area (Å²) < 4.78 is 11.9. The van der Waals surface area contributed by atoms with Gasteiger partial charge in [-0.05, 0) is 50.6 Å². The first-order valence-electron chi connectivity index (χ1n) is 7.81. The predicted octanol–water partition coefficient (Wildman–Crippen LogP) is 5.02. The Bertz CT molecular complexity index is 891. The summed E-state index contributed by atoms with van der Waals surface area (Å²) in [5, 5.41) is 0. The van der Waals surface area contributed by atoms with Crippen molar-refractivity contribution in [2.75, 3.05) is 0 Å². The third kappa shape index (κ3) is 3.66. The Morgan fingerprint density at radius 1 is 1.16 bits per heavy atom. The molecule has 1 heterocycles. The lowest BCUT2D eigenvalue weighted by Crippen LogP contribution is -2.25. The highest BCUT2D eigenvalue weighted by Crippen LogP contribution is 2.36. The molecule has 1 aliphatic heterocycles. The molecule has 0 unspecified atom stereocenters. The SMILES string of the molecule is CC(C)(C)C(=O)Oc1ccc2c(c1)O/C(=C\c1ccccc1Br)C2=O. The van der Waals surface area contributed by atoms with Crippen LogP contribution < -0.4 is 9.47 Å². The molecule has 0 aromatic heterocycles. The Labute approximate surface area is 154 Å². The van der Waals surface area contributed by atoms with E-state index in [0.717, 1.165) is 10.0 Å². The maximum absolute atomic E-state index is 12.5. The summed E-state index contributed by atoms with van der Waals surface area (Å²) in [5.41, 5.74) is 0.687. The van der Waals surface area contributed by atoms with Crippen LogP contribution in [0.3, 0.4) is 0 Å². The molecule has 0 radical (unpaired) electrons. The van der Waals surface area contributed by atoms with Gasteiger partial charge in [0.1, 0.15) is 11.5 Å². The van der Waals surface area contributed by atoms with Crippen molar-refractivity contribution in [3.8, 4) is 11.5 Å². The molecule has 0 amide bonds. The van der Waals surface area contributed by atoms with Gasteiger partial charge in [0, 0.05) is 10.5 Å². The van der Waals surface area contributed by atoms with E-state index in [-0.39, 0.29) is 17.5 Å². The first-order valence-corrected chi connectivity index (χ1v) is 8.60. The Kier molecular flexibility index (Phi) is 4.52. The molecular weight excluding hydrogens is 384 g/mol. The second-order valence-electron chi connectivity index (χ2n) is 6.76. The van der Waals surface area contributed by atoms with Crippen molar-refractivity contribution in [2.45, 2.75) is 20.8 Å². The smallest absolute Gasteiger partial charge is 0.316 e. The van der Waals surface area contributed by atoms with Gasteiger partial charge in [-0.25, -0.2) is 0 Å². The van der Waals surface area contributed by atoms with E-state index in [0.29, 0.717) is 17.1 Å². The van der Waals surface area contributed by atoms with Gasteiger partial charge < -0.3 is 9.47 Å². The lowest BCUT2D eigenvalue weighted by atomic mass is 9.97. The van der Waals surface area contributed by atoms with Crippen LogP contribution in [0.25, 0.3) is 6.08 Å². The maximum atomic E-state index is 12.5. The van der Waals surface area contributed by atoms with Gasteiger partial charge in [-0.1, -0.05) is 34.1 Å². The maximum Gasteiger partial charge on any atom is 0.316 e. The summed E-state index contributed by atoms with van der Waals surface area (Å²) in [7, 11) is 0. The monoisotopic (exact) mass is 400 g/mol. The molecule has 2 aromatic rings. The highest BCUT2D eigenvalue weighted by Gasteiger charge is 2.29. The van der Waals surface area contributed by atoms with E-state index in [1.54, 1.807) is 45.0 Å². The molecule has 0 saturated heterocycles. The van der Waals surface area contributed by atoms with Crippen LogP contribution in [0.15, 0.2) is 52.7 Å². The van der Waals surface area contributed by atoms with E-state index in [4.69, 9.17) is 9.47 Å². The predicted molar refractivity (Wildman–Crippen MR) is 98.6 cm³/mol. The second kappa shape index (κ2) is 6.48. The molecule has 2 aromatic carbocycles. The fourth-order valence-electron chi connectivity index (χ4n) is 2.22. The Balaban J connectivity index is 1.87. The fourth-order valence-corrected chi connectivity index (χ4v) is 2.62. The Morgan fingerprint density at radius 3 is 2.56 bits per heavy atom. The average molecular weight is 401 g/mol. The lowest BCUT2D eigenvalue weighted by Gasteiger charge is -2.16. The van der Waals surface area contributed by atoms with E-state index in [2.05, 4.69) is 15.9 Å².